The van der Waals surface area contributed by atoms with Crippen LogP contribution in [0.25, 0.3) is 16.8 Å². The molecule has 8 heteroatoms. The van der Waals surface area contributed by atoms with E-state index >= 15 is 0 Å². The first-order valence-electron chi connectivity index (χ1n) is 11.6. The predicted molar refractivity (Wildman–Crippen MR) is 140 cm³/mol. The third kappa shape index (κ3) is 7.02. The summed E-state index contributed by atoms with van der Waals surface area (Å²) in [5.74, 6) is -0.943. The van der Waals surface area contributed by atoms with Gasteiger partial charge in [-0.25, -0.2) is 9.50 Å². The number of nitrogens with one attached hydrogen (secondary N) is 1. The number of aromatic nitrogens is 3. The summed E-state index contributed by atoms with van der Waals surface area (Å²) in [7, 11) is 0. The molecule has 0 radical (unpaired) electrons. The summed E-state index contributed by atoms with van der Waals surface area (Å²) < 4.78 is 7.37. The summed E-state index contributed by atoms with van der Waals surface area (Å²) in [6.45, 7) is 2.09. The second-order valence-corrected chi connectivity index (χ2v) is 8.17. The smallest absolute Gasteiger partial charge is 0.322 e. The average Bonchev–Trinajstić information content (AvgIpc) is 3.35. The molecular formula is C29H26N4O4. The van der Waals surface area contributed by atoms with Crippen molar-refractivity contribution in [2.75, 3.05) is 6.54 Å². The van der Waals surface area contributed by atoms with Crippen molar-refractivity contribution >= 4 is 17.5 Å². The fourth-order valence-electron chi connectivity index (χ4n) is 3.45. The van der Waals surface area contributed by atoms with Crippen molar-refractivity contribution in [1.82, 2.24) is 19.9 Å². The summed E-state index contributed by atoms with van der Waals surface area (Å²) >= 11 is 0. The Balaban J connectivity index is 0.000000396. The summed E-state index contributed by atoms with van der Waals surface area (Å²) in [6.07, 6.45) is 3.28. The molecule has 0 atom stereocenters. The molecule has 5 aromatic rings. The second kappa shape index (κ2) is 12.1. The van der Waals surface area contributed by atoms with Crippen LogP contribution in [0.15, 0.2) is 103 Å². The number of nitrogens with zero attached hydrogens (tertiary/aromatic N) is 3. The van der Waals surface area contributed by atoms with Crippen LogP contribution in [0.5, 0.6) is 5.75 Å². The maximum atomic E-state index is 12.1. The number of rotatable bonds is 7. The molecule has 0 fully saturated rings. The first-order valence-corrected chi connectivity index (χ1v) is 11.6. The molecule has 37 heavy (non-hydrogen) atoms. The average molecular weight is 495 g/mol. The van der Waals surface area contributed by atoms with E-state index in [0.29, 0.717) is 12.3 Å². The predicted octanol–water partition coefficient (Wildman–Crippen LogP) is 4.78. The highest BCUT2D eigenvalue weighted by Gasteiger charge is 2.13. The standard InChI is InChI=1S/C22H18N4O4.C7H8/c27-20(28)13-23-22(29)19-10-11-26-21(25-19)18(12-24-26)16-6-8-17(9-7-16)30-14-15-4-2-1-3-5-15;1-7-5-3-2-4-6-7/h1-12H,13-14H2,(H,23,29)(H,27,28);2-6H,1H3. The molecule has 3 aromatic carbocycles. The minimum absolute atomic E-state index is 0.119. The molecule has 0 unspecified atom stereocenters. The first-order chi connectivity index (χ1) is 18.0. The van der Waals surface area contributed by atoms with Gasteiger partial charge < -0.3 is 15.2 Å². The fraction of sp³-hybridized carbons (Fsp3) is 0.103. The Morgan fingerprint density at radius 2 is 1.59 bits per heavy atom. The minimum atomic E-state index is -1.12. The monoisotopic (exact) mass is 494 g/mol. The molecule has 0 saturated heterocycles. The van der Waals surface area contributed by atoms with Crippen LogP contribution in [-0.4, -0.2) is 38.1 Å². The van der Waals surface area contributed by atoms with Crippen molar-refractivity contribution < 1.29 is 19.4 Å². The Labute approximate surface area is 214 Å². The van der Waals surface area contributed by atoms with Gasteiger partial charge in [0, 0.05) is 11.8 Å². The van der Waals surface area contributed by atoms with Crippen molar-refractivity contribution in [2.45, 2.75) is 13.5 Å². The van der Waals surface area contributed by atoms with E-state index in [-0.39, 0.29) is 5.69 Å². The lowest BCUT2D eigenvalue weighted by molar-refractivity contribution is -0.135. The molecule has 0 spiro atoms. The number of carbonyl (C=O) groups is 2. The lowest BCUT2D eigenvalue weighted by Crippen LogP contribution is -2.29. The topological polar surface area (TPSA) is 106 Å². The third-order valence-electron chi connectivity index (χ3n) is 5.36. The molecular weight excluding hydrogens is 468 g/mol. The van der Waals surface area contributed by atoms with Gasteiger partial charge in [0.05, 0.1) is 6.20 Å². The number of amides is 1. The Hall–Kier alpha value is -4.98. The number of carboxylic acids is 1. The minimum Gasteiger partial charge on any atom is -0.489 e. The fourth-order valence-corrected chi connectivity index (χ4v) is 3.45. The van der Waals surface area contributed by atoms with E-state index in [0.717, 1.165) is 22.4 Å². The van der Waals surface area contributed by atoms with E-state index in [1.165, 1.54) is 11.6 Å². The quantitative estimate of drug-likeness (QED) is 0.337. The number of aliphatic carboxylic acids is 1. The molecule has 186 valence electrons. The van der Waals surface area contributed by atoms with Gasteiger partial charge in [0.25, 0.3) is 5.91 Å². The maximum Gasteiger partial charge on any atom is 0.322 e. The SMILES string of the molecule is Cc1ccccc1.O=C(O)CNC(=O)c1ccn2ncc(-c3ccc(OCc4ccccc4)cc3)c2n1. The lowest BCUT2D eigenvalue weighted by atomic mass is 10.1. The number of fused-ring (bicyclic) bond motifs is 1. The number of hydrogen-bond acceptors (Lipinski definition) is 5. The van der Waals surface area contributed by atoms with Gasteiger partial charge in [0.2, 0.25) is 0 Å². The molecule has 2 heterocycles. The summed E-state index contributed by atoms with van der Waals surface area (Å²) in [6, 6.07) is 29.2. The van der Waals surface area contributed by atoms with E-state index in [2.05, 4.69) is 34.5 Å². The van der Waals surface area contributed by atoms with Gasteiger partial charge in [-0.05, 0) is 36.2 Å². The largest absolute Gasteiger partial charge is 0.489 e. The van der Waals surface area contributed by atoms with Gasteiger partial charge in [0.1, 0.15) is 24.6 Å². The highest BCUT2D eigenvalue weighted by Crippen LogP contribution is 2.26. The number of ether oxygens (including phenoxy) is 1. The normalized spacial score (nSPS) is 10.3. The Bertz CT molecular complexity index is 1470. The van der Waals surface area contributed by atoms with Crippen molar-refractivity contribution in [3.05, 3.63) is 120 Å². The number of carbonyl (C=O) groups excluding carboxylic acids is 1. The molecule has 5 rings (SSSR count). The van der Waals surface area contributed by atoms with Crippen LogP contribution in [0, 0.1) is 6.92 Å². The van der Waals surface area contributed by atoms with Gasteiger partial charge in [-0.1, -0.05) is 78.4 Å². The van der Waals surface area contributed by atoms with Crippen molar-refractivity contribution in [1.29, 1.82) is 0 Å². The van der Waals surface area contributed by atoms with Gasteiger partial charge in [-0.2, -0.15) is 5.10 Å². The summed E-state index contributed by atoms with van der Waals surface area (Å²) in [5, 5.41) is 15.3. The van der Waals surface area contributed by atoms with Crippen LogP contribution in [0.3, 0.4) is 0 Å². The van der Waals surface area contributed by atoms with Crippen LogP contribution < -0.4 is 10.1 Å². The highest BCUT2D eigenvalue weighted by atomic mass is 16.5. The van der Waals surface area contributed by atoms with Crippen molar-refractivity contribution in [3.63, 3.8) is 0 Å². The number of carboxylic acid groups (broad SMARTS) is 1. The Morgan fingerprint density at radius 1 is 0.919 bits per heavy atom. The molecule has 2 N–H and O–H groups in total. The number of aryl methyl sites for hydroxylation is 1. The number of hydrogen-bond donors (Lipinski definition) is 2. The van der Waals surface area contributed by atoms with Gasteiger partial charge in [0.15, 0.2) is 5.65 Å². The maximum absolute atomic E-state index is 12.1. The molecule has 0 aliphatic carbocycles. The van der Waals surface area contributed by atoms with E-state index in [4.69, 9.17) is 9.84 Å². The second-order valence-electron chi connectivity index (χ2n) is 8.17. The zero-order chi connectivity index (χ0) is 26.0. The van der Waals surface area contributed by atoms with Crippen molar-refractivity contribution in [2.24, 2.45) is 0 Å². The molecule has 8 nitrogen and oxygen atoms in total. The van der Waals surface area contributed by atoms with Gasteiger partial charge in [-0.15, -0.1) is 0 Å². The molecule has 0 aliphatic heterocycles. The van der Waals surface area contributed by atoms with Gasteiger partial charge >= 0.3 is 5.97 Å². The molecule has 0 aliphatic rings. The van der Waals surface area contributed by atoms with E-state index in [9.17, 15) is 9.59 Å². The highest BCUT2D eigenvalue weighted by molar-refractivity contribution is 5.95. The van der Waals surface area contributed by atoms with Crippen LogP contribution >= 0.6 is 0 Å². The van der Waals surface area contributed by atoms with E-state index in [1.807, 2.05) is 72.8 Å². The van der Waals surface area contributed by atoms with Gasteiger partial charge in [-0.3, -0.25) is 9.59 Å². The van der Waals surface area contributed by atoms with E-state index < -0.39 is 18.4 Å². The lowest BCUT2D eigenvalue weighted by Gasteiger charge is -2.07. The molecule has 0 saturated carbocycles. The van der Waals surface area contributed by atoms with Crippen molar-refractivity contribution in [3.8, 4) is 16.9 Å². The molecule has 2 aromatic heterocycles. The zero-order valence-electron chi connectivity index (χ0n) is 20.2. The summed E-state index contributed by atoms with van der Waals surface area (Å²) in [4.78, 5) is 27.1. The Morgan fingerprint density at radius 3 is 2.22 bits per heavy atom. The van der Waals surface area contributed by atoms with Crippen LogP contribution in [0.4, 0.5) is 0 Å². The Kier molecular flexibility index (Phi) is 8.23. The van der Waals surface area contributed by atoms with Crippen LogP contribution in [0.2, 0.25) is 0 Å². The molecule has 1 amide bonds. The molecule has 0 bridgehead atoms. The van der Waals surface area contributed by atoms with Crippen LogP contribution in [0.1, 0.15) is 21.6 Å². The zero-order valence-corrected chi connectivity index (χ0v) is 20.2. The summed E-state index contributed by atoms with van der Waals surface area (Å²) in [5.41, 5.74) is 4.64. The van der Waals surface area contributed by atoms with E-state index in [1.54, 1.807) is 16.9 Å². The van der Waals surface area contributed by atoms with Crippen LogP contribution in [-0.2, 0) is 11.4 Å². The third-order valence-corrected chi connectivity index (χ3v) is 5.36. The first kappa shape index (κ1) is 25.1. The number of benzene rings is 3.